The Kier molecular flexibility index (Phi) is 6.62. The van der Waals surface area contributed by atoms with Crippen molar-refractivity contribution in [2.24, 2.45) is 0 Å². The van der Waals surface area contributed by atoms with Crippen molar-refractivity contribution in [1.82, 2.24) is 19.8 Å². The Morgan fingerprint density at radius 3 is 2.56 bits per heavy atom. The molecule has 5 heteroatoms. The predicted octanol–water partition coefficient (Wildman–Crippen LogP) is 2.43. The summed E-state index contributed by atoms with van der Waals surface area (Å²) in [5, 5.41) is 10.4. The zero-order chi connectivity index (χ0) is 17.5. The fraction of sp³-hybridized carbons (Fsp3) is 0.550. The van der Waals surface area contributed by atoms with Crippen LogP contribution in [0.2, 0.25) is 0 Å². The number of benzene rings is 1. The maximum atomic E-state index is 10.4. The van der Waals surface area contributed by atoms with Crippen LogP contribution in [0.5, 0.6) is 0 Å². The van der Waals surface area contributed by atoms with Crippen LogP contribution in [-0.2, 0) is 19.5 Å². The second kappa shape index (κ2) is 9.13. The van der Waals surface area contributed by atoms with E-state index in [1.54, 1.807) is 0 Å². The van der Waals surface area contributed by atoms with Crippen molar-refractivity contribution in [3.63, 3.8) is 0 Å². The topological polar surface area (TPSA) is 55.4 Å². The molecule has 2 aromatic rings. The molecule has 0 bridgehead atoms. The molecule has 1 saturated heterocycles. The molecule has 1 aliphatic heterocycles. The summed E-state index contributed by atoms with van der Waals surface area (Å²) in [5.74, 6) is 1.08. The summed E-state index contributed by atoms with van der Waals surface area (Å²) in [6.07, 6.45) is 5.01. The number of β-amino-alcohol motifs (C(OH)–C–C–N with tert-alkyl or cyclic N) is 1. The minimum atomic E-state index is -0.311. The number of nitrogens with zero attached hydrogens (tertiary/aromatic N) is 3. The van der Waals surface area contributed by atoms with Crippen LogP contribution in [0.25, 0.3) is 0 Å². The molecule has 1 unspecified atom stereocenters. The predicted molar refractivity (Wildman–Crippen MR) is 100 cm³/mol. The SMILES string of the molecule is CCCCc1ncc(CN2CCN(Cc3ccccc3)CC(O)C2)[nH]1. The van der Waals surface area contributed by atoms with Crippen LogP contribution >= 0.6 is 0 Å². The number of aryl methyl sites for hydroxylation is 1. The number of hydrogen-bond acceptors (Lipinski definition) is 4. The van der Waals surface area contributed by atoms with Crippen LogP contribution < -0.4 is 0 Å². The Morgan fingerprint density at radius 2 is 1.84 bits per heavy atom. The van der Waals surface area contributed by atoms with Gasteiger partial charge in [0.25, 0.3) is 0 Å². The minimum absolute atomic E-state index is 0.311. The van der Waals surface area contributed by atoms with Gasteiger partial charge in [0.2, 0.25) is 0 Å². The molecular weight excluding hydrogens is 312 g/mol. The molecule has 1 atom stereocenters. The van der Waals surface area contributed by atoms with Gasteiger partial charge >= 0.3 is 0 Å². The van der Waals surface area contributed by atoms with Gasteiger partial charge in [0.15, 0.2) is 0 Å². The lowest BCUT2D eigenvalue weighted by atomic mass is 10.2. The highest BCUT2D eigenvalue weighted by Crippen LogP contribution is 2.12. The van der Waals surface area contributed by atoms with Crippen LogP contribution in [0.15, 0.2) is 36.5 Å². The zero-order valence-corrected chi connectivity index (χ0v) is 15.2. The molecule has 25 heavy (non-hydrogen) atoms. The Labute approximate surface area is 150 Å². The van der Waals surface area contributed by atoms with Gasteiger partial charge in [-0.3, -0.25) is 9.80 Å². The molecule has 0 radical (unpaired) electrons. The normalized spacial score (nSPS) is 19.8. The largest absolute Gasteiger partial charge is 0.390 e. The first kappa shape index (κ1) is 18.1. The fourth-order valence-electron chi connectivity index (χ4n) is 3.45. The molecule has 2 heterocycles. The summed E-state index contributed by atoms with van der Waals surface area (Å²) in [6, 6.07) is 10.5. The highest BCUT2D eigenvalue weighted by Gasteiger charge is 2.21. The average molecular weight is 342 g/mol. The van der Waals surface area contributed by atoms with Crippen molar-refractivity contribution in [2.45, 2.75) is 45.4 Å². The number of aliphatic hydroxyl groups is 1. The molecule has 0 spiro atoms. The van der Waals surface area contributed by atoms with Gasteiger partial charge in [0, 0.05) is 57.6 Å². The first-order valence-electron chi connectivity index (χ1n) is 9.42. The molecule has 2 N–H and O–H groups in total. The number of nitrogens with one attached hydrogen (secondary N) is 1. The molecule has 5 nitrogen and oxygen atoms in total. The summed E-state index contributed by atoms with van der Waals surface area (Å²) < 4.78 is 0. The van der Waals surface area contributed by atoms with Crippen molar-refractivity contribution in [1.29, 1.82) is 0 Å². The van der Waals surface area contributed by atoms with Crippen molar-refractivity contribution in [3.8, 4) is 0 Å². The summed E-state index contributed by atoms with van der Waals surface area (Å²) in [5.41, 5.74) is 2.45. The van der Waals surface area contributed by atoms with Crippen molar-refractivity contribution in [3.05, 3.63) is 53.6 Å². The summed E-state index contributed by atoms with van der Waals surface area (Å²) in [4.78, 5) is 12.6. The van der Waals surface area contributed by atoms with Gasteiger partial charge in [-0.05, 0) is 12.0 Å². The Morgan fingerprint density at radius 1 is 1.12 bits per heavy atom. The van der Waals surface area contributed by atoms with Gasteiger partial charge in [-0.1, -0.05) is 43.7 Å². The number of rotatable bonds is 7. The Balaban J connectivity index is 1.53. The average Bonchev–Trinajstić information content (AvgIpc) is 2.98. The Hall–Kier alpha value is -1.69. The quantitative estimate of drug-likeness (QED) is 0.811. The standard InChI is InChI=1S/C20H30N4O/c1-2-3-9-20-21-12-18(22-20)14-24-11-10-23(15-19(25)16-24)13-17-7-5-4-6-8-17/h4-8,12,19,25H,2-3,9-11,13-16H2,1H3,(H,21,22). The van der Waals surface area contributed by atoms with E-state index in [-0.39, 0.29) is 6.10 Å². The lowest BCUT2D eigenvalue weighted by Gasteiger charge is -2.21. The second-order valence-electron chi connectivity index (χ2n) is 7.07. The zero-order valence-electron chi connectivity index (χ0n) is 15.2. The molecule has 1 aromatic heterocycles. The van der Waals surface area contributed by atoms with Crippen LogP contribution in [0.1, 0.15) is 36.8 Å². The van der Waals surface area contributed by atoms with Crippen molar-refractivity contribution >= 4 is 0 Å². The van der Waals surface area contributed by atoms with Crippen LogP contribution in [-0.4, -0.2) is 57.2 Å². The first-order chi connectivity index (χ1) is 12.2. The number of unbranched alkanes of at least 4 members (excludes halogenated alkanes) is 1. The van der Waals surface area contributed by atoms with E-state index >= 15 is 0 Å². The van der Waals surface area contributed by atoms with E-state index in [9.17, 15) is 5.11 Å². The molecule has 1 aromatic carbocycles. The van der Waals surface area contributed by atoms with Gasteiger partial charge < -0.3 is 10.1 Å². The molecule has 1 fully saturated rings. The van der Waals surface area contributed by atoms with E-state index < -0.39 is 0 Å². The molecule has 0 aliphatic carbocycles. The highest BCUT2D eigenvalue weighted by atomic mass is 16.3. The number of aliphatic hydroxyl groups excluding tert-OH is 1. The number of aromatic nitrogens is 2. The fourth-order valence-corrected chi connectivity index (χ4v) is 3.45. The monoisotopic (exact) mass is 342 g/mol. The number of aromatic amines is 1. The number of hydrogen-bond donors (Lipinski definition) is 2. The maximum Gasteiger partial charge on any atom is 0.106 e. The van der Waals surface area contributed by atoms with Gasteiger partial charge in [0.05, 0.1) is 6.10 Å². The lowest BCUT2D eigenvalue weighted by Crippen LogP contribution is -2.33. The highest BCUT2D eigenvalue weighted by molar-refractivity contribution is 5.14. The number of imidazole rings is 1. The Bertz CT molecular complexity index is 628. The van der Waals surface area contributed by atoms with Crippen LogP contribution in [0.3, 0.4) is 0 Å². The van der Waals surface area contributed by atoms with Gasteiger partial charge in [-0.25, -0.2) is 4.98 Å². The smallest absolute Gasteiger partial charge is 0.106 e. The van der Waals surface area contributed by atoms with E-state index in [1.165, 1.54) is 18.4 Å². The van der Waals surface area contributed by atoms with Crippen LogP contribution in [0, 0.1) is 0 Å². The van der Waals surface area contributed by atoms with E-state index in [0.717, 1.165) is 50.7 Å². The third kappa shape index (κ3) is 5.66. The molecule has 136 valence electrons. The molecule has 3 rings (SSSR count). The van der Waals surface area contributed by atoms with Gasteiger partial charge in [-0.2, -0.15) is 0 Å². The third-order valence-corrected chi connectivity index (χ3v) is 4.76. The minimum Gasteiger partial charge on any atom is -0.390 e. The lowest BCUT2D eigenvalue weighted by molar-refractivity contribution is 0.105. The van der Waals surface area contributed by atoms with Gasteiger partial charge in [0.1, 0.15) is 5.82 Å². The van der Waals surface area contributed by atoms with Gasteiger partial charge in [-0.15, -0.1) is 0 Å². The molecule has 0 saturated carbocycles. The first-order valence-corrected chi connectivity index (χ1v) is 9.42. The van der Waals surface area contributed by atoms with E-state index in [2.05, 4.69) is 51.0 Å². The van der Waals surface area contributed by atoms with Crippen molar-refractivity contribution in [2.75, 3.05) is 26.2 Å². The maximum absolute atomic E-state index is 10.4. The molecular formula is C20H30N4O. The van der Waals surface area contributed by atoms with E-state index in [1.807, 2.05) is 12.3 Å². The van der Waals surface area contributed by atoms with Crippen molar-refractivity contribution < 1.29 is 5.11 Å². The molecule has 1 aliphatic rings. The van der Waals surface area contributed by atoms with E-state index in [4.69, 9.17) is 0 Å². The molecule has 0 amide bonds. The summed E-state index contributed by atoms with van der Waals surface area (Å²) in [6.45, 7) is 7.32. The van der Waals surface area contributed by atoms with Crippen LogP contribution in [0.4, 0.5) is 0 Å². The number of H-pyrrole nitrogens is 1. The second-order valence-corrected chi connectivity index (χ2v) is 7.07. The van der Waals surface area contributed by atoms with E-state index in [0.29, 0.717) is 6.54 Å². The third-order valence-electron chi connectivity index (χ3n) is 4.76. The summed E-state index contributed by atoms with van der Waals surface area (Å²) in [7, 11) is 0. The summed E-state index contributed by atoms with van der Waals surface area (Å²) >= 11 is 0.